The van der Waals surface area contributed by atoms with Crippen LogP contribution < -0.4 is 5.32 Å². The molecule has 2 aromatic rings. The Hall–Kier alpha value is -1.89. The van der Waals surface area contributed by atoms with Crippen molar-refractivity contribution in [2.24, 2.45) is 5.92 Å². The molecule has 1 aliphatic rings. The van der Waals surface area contributed by atoms with Gasteiger partial charge in [0.1, 0.15) is 12.7 Å². The maximum absolute atomic E-state index is 12.5. The van der Waals surface area contributed by atoms with E-state index in [0.29, 0.717) is 5.92 Å². The zero-order valence-corrected chi connectivity index (χ0v) is 14.2. The summed E-state index contributed by atoms with van der Waals surface area (Å²) in [4.78, 5) is 19.6. The number of aromatic nitrogens is 3. The molecular weight excluding hydrogens is 310 g/mol. The van der Waals surface area contributed by atoms with Gasteiger partial charge >= 0.3 is 6.03 Å². The molecule has 1 aliphatic heterocycles. The van der Waals surface area contributed by atoms with Crippen molar-refractivity contribution >= 4 is 17.4 Å². The van der Waals surface area contributed by atoms with Gasteiger partial charge in [-0.15, -0.1) is 11.3 Å². The van der Waals surface area contributed by atoms with Crippen molar-refractivity contribution in [3.05, 3.63) is 35.0 Å². The van der Waals surface area contributed by atoms with Gasteiger partial charge in [-0.2, -0.15) is 5.10 Å². The van der Waals surface area contributed by atoms with Crippen molar-refractivity contribution < 1.29 is 4.79 Å². The van der Waals surface area contributed by atoms with E-state index in [1.807, 2.05) is 15.6 Å². The molecule has 1 atom stereocenters. The second-order valence-electron chi connectivity index (χ2n) is 5.97. The quantitative estimate of drug-likeness (QED) is 0.915. The van der Waals surface area contributed by atoms with E-state index >= 15 is 0 Å². The van der Waals surface area contributed by atoms with Crippen molar-refractivity contribution in [3.8, 4) is 0 Å². The SMILES string of the molecule is CC[C@@H](NC(=O)N1CCC(Cn2cncn2)CC1)c1cccs1. The minimum atomic E-state index is 0.0597. The molecule has 0 aliphatic carbocycles. The smallest absolute Gasteiger partial charge is 0.317 e. The molecule has 7 heteroatoms. The number of urea groups is 1. The number of piperidine rings is 1. The number of hydrogen-bond donors (Lipinski definition) is 1. The van der Waals surface area contributed by atoms with Crippen LogP contribution >= 0.6 is 11.3 Å². The molecule has 0 bridgehead atoms. The van der Waals surface area contributed by atoms with E-state index in [1.165, 1.54) is 4.88 Å². The van der Waals surface area contributed by atoms with E-state index in [1.54, 1.807) is 24.0 Å². The van der Waals surface area contributed by atoms with Gasteiger partial charge in [-0.05, 0) is 36.6 Å². The van der Waals surface area contributed by atoms with Crippen molar-refractivity contribution in [2.45, 2.75) is 38.8 Å². The molecule has 0 radical (unpaired) electrons. The Morgan fingerprint density at radius 1 is 1.48 bits per heavy atom. The van der Waals surface area contributed by atoms with Crippen LogP contribution in [0.1, 0.15) is 37.1 Å². The van der Waals surface area contributed by atoms with Crippen LogP contribution in [0.2, 0.25) is 0 Å². The van der Waals surface area contributed by atoms with Gasteiger partial charge in [-0.25, -0.2) is 9.78 Å². The summed E-state index contributed by atoms with van der Waals surface area (Å²) in [5.41, 5.74) is 0. The van der Waals surface area contributed by atoms with E-state index in [4.69, 9.17) is 0 Å². The minimum Gasteiger partial charge on any atom is -0.330 e. The molecule has 0 saturated carbocycles. The molecule has 3 rings (SSSR count). The fourth-order valence-electron chi connectivity index (χ4n) is 3.01. The van der Waals surface area contributed by atoms with Crippen LogP contribution in [0.3, 0.4) is 0 Å². The summed E-state index contributed by atoms with van der Waals surface area (Å²) in [5.74, 6) is 0.569. The minimum absolute atomic E-state index is 0.0597. The Kier molecular flexibility index (Phi) is 5.27. The first-order valence-electron chi connectivity index (χ1n) is 8.17. The first-order chi connectivity index (χ1) is 11.3. The topological polar surface area (TPSA) is 63.1 Å². The van der Waals surface area contributed by atoms with Gasteiger partial charge in [-0.1, -0.05) is 13.0 Å². The summed E-state index contributed by atoms with van der Waals surface area (Å²) in [5, 5.41) is 9.38. The average molecular weight is 333 g/mol. The molecule has 2 aromatic heterocycles. The highest BCUT2D eigenvalue weighted by atomic mass is 32.1. The molecule has 1 saturated heterocycles. The van der Waals surface area contributed by atoms with Gasteiger partial charge in [0.25, 0.3) is 0 Å². The molecule has 2 amide bonds. The molecular formula is C16H23N5OS. The first kappa shape index (κ1) is 16.0. The molecule has 23 heavy (non-hydrogen) atoms. The number of carbonyl (C=O) groups is 1. The van der Waals surface area contributed by atoms with Crippen molar-refractivity contribution in [3.63, 3.8) is 0 Å². The Balaban J connectivity index is 1.48. The van der Waals surface area contributed by atoms with E-state index < -0.39 is 0 Å². The number of rotatable bonds is 5. The van der Waals surface area contributed by atoms with Crippen molar-refractivity contribution in [2.75, 3.05) is 13.1 Å². The van der Waals surface area contributed by atoms with Crippen LogP contribution in [0.4, 0.5) is 4.79 Å². The number of amides is 2. The van der Waals surface area contributed by atoms with E-state index in [-0.39, 0.29) is 12.1 Å². The van der Waals surface area contributed by atoms with E-state index in [9.17, 15) is 4.79 Å². The third kappa shape index (κ3) is 4.10. The third-order valence-corrected chi connectivity index (χ3v) is 5.39. The number of likely N-dealkylation sites (tertiary alicyclic amines) is 1. The molecule has 3 heterocycles. The van der Waals surface area contributed by atoms with Crippen molar-refractivity contribution in [1.29, 1.82) is 0 Å². The van der Waals surface area contributed by atoms with Crippen LogP contribution in [-0.2, 0) is 6.54 Å². The lowest BCUT2D eigenvalue weighted by atomic mass is 9.97. The third-order valence-electron chi connectivity index (χ3n) is 4.41. The molecule has 1 N–H and O–H groups in total. The summed E-state index contributed by atoms with van der Waals surface area (Å²) >= 11 is 1.70. The Morgan fingerprint density at radius 3 is 2.91 bits per heavy atom. The standard InChI is InChI=1S/C16H23N5OS/c1-2-14(15-4-3-9-23-15)19-16(22)20-7-5-13(6-8-20)10-21-12-17-11-18-21/h3-4,9,11-14H,2,5-8,10H2,1H3,(H,19,22)/t14-/m1/s1. The second kappa shape index (κ2) is 7.59. The Bertz CT molecular complexity index is 590. The van der Waals surface area contributed by atoms with E-state index in [0.717, 1.165) is 38.9 Å². The monoisotopic (exact) mass is 333 g/mol. The Labute approximate surface area is 140 Å². The highest BCUT2D eigenvalue weighted by Gasteiger charge is 2.25. The number of carbonyl (C=O) groups excluding carboxylic acids is 1. The molecule has 0 unspecified atom stereocenters. The second-order valence-corrected chi connectivity index (χ2v) is 6.95. The van der Waals surface area contributed by atoms with Crippen LogP contribution in [-0.4, -0.2) is 38.8 Å². The van der Waals surface area contributed by atoms with Gasteiger partial charge in [0.2, 0.25) is 0 Å². The maximum Gasteiger partial charge on any atom is 0.317 e. The Morgan fingerprint density at radius 2 is 2.30 bits per heavy atom. The summed E-state index contributed by atoms with van der Waals surface area (Å²) in [7, 11) is 0. The predicted molar refractivity (Wildman–Crippen MR) is 90.2 cm³/mol. The van der Waals surface area contributed by atoms with E-state index in [2.05, 4.69) is 33.8 Å². The van der Waals surface area contributed by atoms with Crippen LogP contribution in [0, 0.1) is 5.92 Å². The number of hydrogen-bond acceptors (Lipinski definition) is 4. The molecule has 0 spiro atoms. The predicted octanol–water partition coefficient (Wildman–Crippen LogP) is 2.91. The van der Waals surface area contributed by atoms with Crippen LogP contribution in [0.5, 0.6) is 0 Å². The molecule has 0 aromatic carbocycles. The van der Waals surface area contributed by atoms with Gasteiger partial charge in [0, 0.05) is 24.5 Å². The fourth-order valence-corrected chi connectivity index (χ4v) is 3.88. The van der Waals surface area contributed by atoms with Gasteiger partial charge < -0.3 is 10.2 Å². The van der Waals surface area contributed by atoms with Crippen LogP contribution in [0.25, 0.3) is 0 Å². The molecule has 6 nitrogen and oxygen atoms in total. The first-order valence-corrected chi connectivity index (χ1v) is 9.05. The lowest BCUT2D eigenvalue weighted by molar-refractivity contribution is 0.161. The average Bonchev–Trinajstić information content (AvgIpc) is 3.26. The normalized spacial score (nSPS) is 17.2. The highest BCUT2D eigenvalue weighted by molar-refractivity contribution is 7.10. The summed E-state index contributed by atoms with van der Waals surface area (Å²) < 4.78 is 1.88. The summed E-state index contributed by atoms with van der Waals surface area (Å²) in [6, 6.07) is 4.30. The number of thiophene rings is 1. The zero-order valence-electron chi connectivity index (χ0n) is 13.4. The van der Waals surface area contributed by atoms with Crippen molar-refractivity contribution in [1.82, 2.24) is 25.0 Å². The fraction of sp³-hybridized carbons (Fsp3) is 0.562. The zero-order chi connectivity index (χ0) is 16.1. The maximum atomic E-state index is 12.5. The lowest BCUT2D eigenvalue weighted by Gasteiger charge is -2.33. The molecule has 124 valence electrons. The van der Waals surface area contributed by atoms with Gasteiger partial charge in [0.15, 0.2) is 0 Å². The largest absolute Gasteiger partial charge is 0.330 e. The highest BCUT2D eigenvalue weighted by Crippen LogP contribution is 2.23. The van der Waals surface area contributed by atoms with Gasteiger partial charge in [0.05, 0.1) is 6.04 Å². The van der Waals surface area contributed by atoms with Gasteiger partial charge in [-0.3, -0.25) is 4.68 Å². The molecule has 1 fully saturated rings. The van der Waals surface area contributed by atoms with Crippen LogP contribution in [0.15, 0.2) is 30.2 Å². The number of nitrogens with one attached hydrogen (secondary N) is 1. The summed E-state index contributed by atoms with van der Waals surface area (Å²) in [6.45, 7) is 4.62. The number of nitrogens with zero attached hydrogens (tertiary/aromatic N) is 4. The summed E-state index contributed by atoms with van der Waals surface area (Å²) in [6.07, 6.45) is 6.27. The lowest BCUT2D eigenvalue weighted by Crippen LogP contribution is -2.45.